The normalized spacial score (nSPS) is 26.4. The molecule has 2 aromatic rings. The Hall–Kier alpha value is -4.31. The van der Waals surface area contributed by atoms with E-state index in [4.69, 9.17) is 38.4 Å². The molecular weight excluding hydrogens is 760 g/mol. The Kier molecular flexibility index (Phi) is 16.3. The summed E-state index contributed by atoms with van der Waals surface area (Å²) in [6, 6.07) is 11.8. The number of hydrogen-bond acceptors (Lipinski definition) is 13. The van der Waals surface area contributed by atoms with Crippen molar-refractivity contribution in [1.82, 2.24) is 4.90 Å². The summed E-state index contributed by atoms with van der Waals surface area (Å²) >= 11 is 0. The lowest BCUT2D eigenvalue weighted by molar-refractivity contribution is -0.256. The number of methoxy groups -OCH3 is 1. The highest BCUT2D eigenvalue weighted by molar-refractivity contribution is 6.03. The van der Waals surface area contributed by atoms with E-state index in [0.29, 0.717) is 54.4 Å². The maximum Gasteiger partial charge on any atom is 0.410 e. The number of fused-ring (bicyclic) bond motifs is 2. The first-order valence-corrected chi connectivity index (χ1v) is 21.0. The monoisotopic (exact) mass is 820 g/mol. The predicted molar refractivity (Wildman–Crippen MR) is 219 cm³/mol. The minimum Gasteiger partial charge on any atom is -0.459 e. The molecule has 2 aromatic carbocycles. The van der Waals surface area contributed by atoms with E-state index >= 15 is 0 Å². The van der Waals surface area contributed by atoms with Gasteiger partial charge in [-0.3, -0.25) is 9.69 Å². The Balaban J connectivity index is 1.57. The number of aliphatic hydroxyl groups excluding tert-OH is 3. The van der Waals surface area contributed by atoms with E-state index in [2.05, 4.69) is 12.7 Å². The molecule has 2 fully saturated rings. The second kappa shape index (κ2) is 21.8. The molecule has 322 valence electrons. The van der Waals surface area contributed by atoms with Crippen LogP contribution in [-0.4, -0.2) is 116 Å². The van der Waals surface area contributed by atoms with Gasteiger partial charge in [0.25, 0.3) is 0 Å². The van der Waals surface area contributed by atoms with Crippen LogP contribution in [0.15, 0.2) is 71.9 Å². The molecule has 1 amide bonds. The van der Waals surface area contributed by atoms with Gasteiger partial charge in [-0.25, -0.2) is 4.79 Å². The van der Waals surface area contributed by atoms with Gasteiger partial charge in [0, 0.05) is 49.6 Å². The number of carbonyl (C=O) groups excluding carboxylic acids is 2. The Labute approximate surface area is 346 Å². The second-order valence-corrected chi connectivity index (χ2v) is 15.5. The number of allylic oxidation sites excluding steroid dienone is 1. The van der Waals surface area contributed by atoms with Crippen LogP contribution in [0.4, 0.5) is 4.79 Å². The molecule has 0 radical (unpaired) electrons. The van der Waals surface area contributed by atoms with Gasteiger partial charge < -0.3 is 48.6 Å². The fourth-order valence-electron chi connectivity index (χ4n) is 9.24. The third-order valence-corrected chi connectivity index (χ3v) is 11.8. The van der Waals surface area contributed by atoms with E-state index in [1.165, 1.54) is 7.11 Å². The van der Waals surface area contributed by atoms with Gasteiger partial charge in [-0.2, -0.15) is 0 Å². The zero-order valence-electron chi connectivity index (χ0n) is 34.1. The van der Waals surface area contributed by atoms with E-state index in [1.54, 1.807) is 35.2 Å². The molecule has 4 aliphatic rings. The summed E-state index contributed by atoms with van der Waals surface area (Å²) in [4.78, 5) is 33.3. The summed E-state index contributed by atoms with van der Waals surface area (Å²) in [5.74, 6) is -0.671. The number of ether oxygens (including phenoxy) is 6. The van der Waals surface area contributed by atoms with Crippen molar-refractivity contribution in [3.63, 3.8) is 0 Å². The van der Waals surface area contributed by atoms with Crippen molar-refractivity contribution in [2.45, 2.75) is 88.2 Å². The SMILES string of the molecule is C=CCOC12Oc3ccc(Oc4cccc(C=O)c4)cc3C3C(CCCCO)C(CCCCO)C=C(C(=NOC4CCCCO4)CC1N(CCOCCO)C(=O)OC)C32. The van der Waals surface area contributed by atoms with Crippen molar-refractivity contribution in [2.24, 2.45) is 22.9 Å². The van der Waals surface area contributed by atoms with Crippen LogP contribution in [0.1, 0.15) is 86.0 Å². The smallest absolute Gasteiger partial charge is 0.410 e. The number of oxime groups is 1. The van der Waals surface area contributed by atoms with Crippen LogP contribution in [-0.2, 0) is 23.8 Å². The first-order chi connectivity index (χ1) is 28.9. The van der Waals surface area contributed by atoms with Crippen LogP contribution < -0.4 is 9.47 Å². The number of carbonyl (C=O) groups is 2. The van der Waals surface area contributed by atoms with Gasteiger partial charge in [-0.05, 0) is 86.3 Å². The van der Waals surface area contributed by atoms with Crippen molar-refractivity contribution >= 4 is 18.1 Å². The third-order valence-electron chi connectivity index (χ3n) is 11.8. The number of aliphatic hydroxyl groups is 3. The van der Waals surface area contributed by atoms with E-state index < -0.39 is 30.1 Å². The standard InChI is InChI=1S/C45H60N2O12/c1-3-22-56-45-40(47(44(52)53-2)18-24-54-25-21-50)29-38(46-59-41-15-6-9-23-55-41)36-27-32(12-4-7-19-48)35(14-5-8-20-49)42(43(36)45)37-28-34(16-17-39(37)58-45)57-33-13-10-11-31(26-33)30-51/h3,10-11,13,16-17,26-28,30,32,35,40-43,48-50H,1,4-9,12,14-15,18-25,29H2,2H3. The van der Waals surface area contributed by atoms with Gasteiger partial charge >= 0.3 is 6.09 Å². The van der Waals surface area contributed by atoms with Crippen molar-refractivity contribution in [2.75, 3.05) is 59.9 Å². The highest BCUT2D eigenvalue weighted by atomic mass is 16.8. The lowest BCUT2D eigenvalue weighted by atomic mass is 9.55. The van der Waals surface area contributed by atoms with Crippen LogP contribution in [0.25, 0.3) is 0 Å². The molecule has 0 aromatic heterocycles. The van der Waals surface area contributed by atoms with Crippen LogP contribution in [0.3, 0.4) is 0 Å². The number of hydrogen-bond donors (Lipinski definition) is 3. The molecule has 2 aliphatic carbocycles. The van der Waals surface area contributed by atoms with Crippen LogP contribution in [0.5, 0.6) is 17.2 Å². The maximum absolute atomic E-state index is 14.0. The number of benzene rings is 2. The molecule has 1 saturated carbocycles. The minimum atomic E-state index is -1.49. The van der Waals surface area contributed by atoms with Gasteiger partial charge in [-0.15, -0.1) is 6.58 Å². The van der Waals surface area contributed by atoms with Crippen molar-refractivity contribution in [3.05, 3.63) is 77.9 Å². The first kappa shape index (κ1) is 44.2. The molecule has 2 heterocycles. The summed E-state index contributed by atoms with van der Waals surface area (Å²) in [6.07, 6.45) is 10.7. The number of amides is 1. The molecule has 7 unspecified atom stereocenters. The number of aldehydes is 1. The fraction of sp³-hybridized carbons (Fsp3) is 0.578. The largest absolute Gasteiger partial charge is 0.459 e. The Morgan fingerprint density at radius 3 is 2.56 bits per heavy atom. The van der Waals surface area contributed by atoms with Crippen molar-refractivity contribution in [3.8, 4) is 17.2 Å². The number of nitrogens with zero attached hydrogens (tertiary/aromatic N) is 2. The molecule has 0 spiro atoms. The summed E-state index contributed by atoms with van der Waals surface area (Å²) in [5, 5.41) is 34.1. The molecule has 2 aliphatic heterocycles. The third kappa shape index (κ3) is 10.4. The lowest BCUT2D eigenvalue weighted by Crippen LogP contribution is -2.70. The van der Waals surface area contributed by atoms with Gasteiger partial charge in [0.05, 0.1) is 51.8 Å². The zero-order chi connectivity index (χ0) is 41.6. The molecule has 1 saturated heterocycles. The average Bonchev–Trinajstić information content (AvgIpc) is 3.26. The molecule has 3 N–H and O–H groups in total. The summed E-state index contributed by atoms with van der Waals surface area (Å²) in [6.45, 7) is 4.93. The molecular formula is C45H60N2O12. The maximum atomic E-state index is 14.0. The quantitative estimate of drug-likeness (QED) is 0.0508. The van der Waals surface area contributed by atoms with Crippen LogP contribution in [0.2, 0.25) is 0 Å². The Morgan fingerprint density at radius 2 is 1.83 bits per heavy atom. The van der Waals surface area contributed by atoms with Gasteiger partial charge in [0.1, 0.15) is 29.6 Å². The number of unbranched alkanes of at least 4 members (excludes halogenated alkanes) is 2. The molecule has 7 atom stereocenters. The highest BCUT2D eigenvalue weighted by Crippen LogP contribution is 2.62. The van der Waals surface area contributed by atoms with E-state index in [9.17, 15) is 24.9 Å². The molecule has 14 nitrogen and oxygen atoms in total. The van der Waals surface area contributed by atoms with E-state index in [1.807, 2.05) is 18.2 Å². The van der Waals surface area contributed by atoms with Gasteiger partial charge in [0.2, 0.25) is 12.1 Å². The minimum absolute atomic E-state index is 0.000879. The van der Waals surface area contributed by atoms with Crippen LogP contribution in [0, 0.1) is 17.8 Å². The highest BCUT2D eigenvalue weighted by Gasteiger charge is 2.65. The summed E-state index contributed by atoms with van der Waals surface area (Å²) < 4.78 is 37.6. The summed E-state index contributed by atoms with van der Waals surface area (Å²) in [5.41, 5.74) is 2.89. The van der Waals surface area contributed by atoms with E-state index in [0.717, 1.165) is 55.9 Å². The second-order valence-electron chi connectivity index (χ2n) is 15.5. The van der Waals surface area contributed by atoms with Crippen molar-refractivity contribution < 1.29 is 58.2 Å². The van der Waals surface area contributed by atoms with Gasteiger partial charge in [0.15, 0.2) is 0 Å². The van der Waals surface area contributed by atoms with E-state index in [-0.39, 0.29) is 70.4 Å². The Morgan fingerprint density at radius 1 is 1.02 bits per heavy atom. The van der Waals surface area contributed by atoms with Crippen LogP contribution >= 0.6 is 0 Å². The molecule has 0 bridgehead atoms. The topological polar surface area (TPSA) is 175 Å². The zero-order valence-corrected chi connectivity index (χ0v) is 34.1. The fourth-order valence-corrected chi connectivity index (χ4v) is 9.24. The Bertz CT molecular complexity index is 1760. The molecule has 59 heavy (non-hydrogen) atoms. The number of rotatable bonds is 22. The molecule has 6 rings (SSSR count). The van der Waals surface area contributed by atoms with Crippen molar-refractivity contribution in [1.29, 1.82) is 0 Å². The molecule has 14 heteroatoms. The van der Waals surface area contributed by atoms with Gasteiger partial charge in [-0.1, -0.05) is 42.3 Å². The first-order valence-electron chi connectivity index (χ1n) is 21.0. The average molecular weight is 821 g/mol. The summed E-state index contributed by atoms with van der Waals surface area (Å²) in [7, 11) is 1.33. The lowest BCUT2D eigenvalue weighted by Gasteiger charge is -2.59. The predicted octanol–water partition coefficient (Wildman–Crippen LogP) is 6.53.